The molecular formula is C26H39NO4. The molecule has 8 atom stereocenters. The Balaban J connectivity index is 1.42. The van der Waals surface area contributed by atoms with E-state index in [4.69, 9.17) is 9.26 Å². The smallest absolute Gasteiger partial charge is 0.360 e. The molecule has 3 unspecified atom stereocenters. The highest BCUT2D eigenvalue weighted by atomic mass is 16.5. The van der Waals surface area contributed by atoms with Crippen molar-refractivity contribution >= 4 is 5.97 Å². The van der Waals surface area contributed by atoms with Crippen molar-refractivity contribution < 1.29 is 19.2 Å². The molecule has 0 amide bonds. The van der Waals surface area contributed by atoms with Crippen LogP contribution in [0.25, 0.3) is 0 Å². The third-order valence-electron chi connectivity index (χ3n) is 10.5. The Morgan fingerprint density at radius 1 is 1.16 bits per heavy atom. The summed E-state index contributed by atoms with van der Waals surface area (Å²) in [6.07, 6.45) is 10.7. The highest BCUT2D eigenvalue weighted by Crippen LogP contribution is 2.70. The molecule has 31 heavy (non-hydrogen) atoms. The molecule has 1 aromatic rings. The second-order valence-electron chi connectivity index (χ2n) is 11.7. The number of aliphatic hydroxyl groups is 1. The number of nitrogens with zero attached hydrogens (tertiary/aromatic N) is 1. The lowest BCUT2D eigenvalue weighted by Crippen LogP contribution is -2.55. The van der Waals surface area contributed by atoms with Gasteiger partial charge in [0.2, 0.25) is 0 Å². The first kappa shape index (κ1) is 21.5. The fourth-order valence-electron chi connectivity index (χ4n) is 8.66. The van der Waals surface area contributed by atoms with Gasteiger partial charge in [-0.2, -0.15) is 0 Å². The first-order valence-corrected chi connectivity index (χ1v) is 12.6. The highest BCUT2D eigenvalue weighted by Gasteiger charge is 2.66. The van der Waals surface area contributed by atoms with Gasteiger partial charge in [0, 0.05) is 11.5 Å². The van der Waals surface area contributed by atoms with Gasteiger partial charge in [0.1, 0.15) is 5.60 Å². The number of hydrogen-bond donors (Lipinski definition) is 1. The molecule has 172 valence electrons. The first-order valence-electron chi connectivity index (χ1n) is 12.6. The van der Waals surface area contributed by atoms with Crippen LogP contribution in [-0.4, -0.2) is 22.8 Å². The largest absolute Gasteiger partial charge is 0.461 e. The van der Waals surface area contributed by atoms with Crippen LogP contribution in [0.15, 0.2) is 10.6 Å². The molecule has 1 heterocycles. The number of rotatable bonds is 3. The summed E-state index contributed by atoms with van der Waals surface area (Å²) in [5.41, 5.74) is -0.652. The Kier molecular flexibility index (Phi) is 5.08. The van der Waals surface area contributed by atoms with Crippen LogP contribution in [0.1, 0.15) is 102 Å². The standard InChI is InChI=1S/C26H39NO4/c1-5-30-23(28)21-15-22(31-27-21)26(29)13-10-20-18-7-6-17-14-16(2)8-11-24(17,3)19(18)9-12-25(20,26)4/h15-20,29H,5-14H2,1-4H3/t16?,17?,18-,19-,20+,24+,25+,26?/m1/s1. The van der Waals surface area contributed by atoms with E-state index >= 15 is 0 Å². The molecule has 4 saturated carbocycles. The molecule has 0 spiro atoms. The van der Waals surface area contributed by atoms with Gasteiger partial charge in [0.15, 0.2) is 11.5 Å². The maximum atomic E-state index is 12.1. The maximum absolute atomic E-state index is 12.1. The lowest BCUT2D eigenvalue weighted by Gasteiger charge is -2.61. The van der Waals surface area contributed by atoms with E-state index in [-0.39, 0.29) is 11.1 Å². The van der Waals surface area contributed by atoms with Crippen molar-refractivity contribution in [3.05, 3.63) is 17.5 Å². The molecule has 4 aliphatic carbocycles. The number of aromatic nitrogens is 1. The van der Waals surface area contributed by atoms with Crippen molar-refractivity contribution in [2.75, 3.05) is 6.61 Å². The Morgan fingerprint density at radius 2 is 1.94 bits per heavy atom. The summed E-state index contributed by atoms with van der Waals surface area (Å²) in [4.78, 5) is 12.1. The molecule has 5 nitrogen and oxygen atoms in total. The summed E-state index contributed by atoms with van der Waals surface area (Å²) in [6.45, 7) is 9.36. The number of esters is 1. The third kappa shape index (κ3) is 2.98. The fraction of sp³-hybridized carbons (Fsp3) is 0.846. The number of fused-ring (bicyclic) bond motifs is 5. The molecule has 0 radical (unpaired) electrons. The van der Waals surface area contributed by atoms with E-state index in [1.807, 2.05) is 0 Å². The van der Waals surface area contributed by atoms with E-state index < -0.39 is 11.6 Å². The molecule has 5 rings (SSSR count). The Hall–Kier alpha value is -1.36. The summed E-state index contributed by atoms with van der Waals surface area (Å²) in [5, 5.41) is 15.9. The van der Waals surface area contributed by atoms with E-state index in [1.54, 1.807) is 13.0 Å². The average molecular weight is 430 g/mol. The predicted octanol–water partition coefficient (Wildman–Crippen LogP) is 5.72. The van der Waals surface area contributed by atoms with Crippen molar-refractivity contribution in [2.24, 2.45) is 40.4 Å². The first-order chi connectivity index (χ1) is 14.7. The summed E-state index contributed by atoms with van der Waals surface area (Å²) in [5.74, 6) is 3.69. The molecular weight excluding hydrogens is 390 g/mol. The van der Waals surface area contributed by atoms with E-state index in [1.165, 1.54) is 38.5 Å². The van der Waals surface area contributed by atoms with Gasteiger partial charge in [-0.15, -0.1) is 0 Å². The monoisotopic (exact) mass is 429 g/mol. The minimum absolute atomic E-state index is 0.162. The summed E-state index contributed by atoms with van der Waals surface area (Å²) < 4.78 is 10.7. The SMILES string of the molecule is CCOC(=O)c1cc(C2(O)CC[C@H]3[C@@H]4CCC5CC(C)CC[C@]5(C)[C@@H]4CC[C@@]32C)on1. The zero-order valence-electron chi connectivity index (χ0n) is 19.7. The highest BCUT2D eigenvalue weighted by molar-refractivity contribution is 5.87. The van der Waals surface area contributed by atoms with Crippen molar-refractivity contribution in [3.8, 4) is 0 Å². The van der Waals surface area contributed by atoms with Crippen LogP contribution in [0.3, 0.4) is 0 Å². The lowest BCUT2D eigenvalue weighted by atomic mass is 9.44. The molecule has 4 fully saturated rings. The normalized spacial score (nSPS) is 46.7. The van der Waals surface area contributed by atoms with E-state index in [9.17, 15) is 9.90 Å². The van der Waals surface area contributed by atoms with E-state index in [0.29, 0.717) is 36.0 Å². The maximum Gasteiger partial charge on any atom is 0.360 e. The number of ether oxygens (including phenoxy) is 1. The molecule has 0 bridgehead atoms. The Morgan fingerprint density at radius 3 is 2.71 bits per heavy atom. The van der Waals surface area contributed by atoms with Crippen LogP contribution in [0.4, 0.5) is 0 Å². The summed E-state index contributed by atoms with van der Waals surface area (Å²) >= 11 is 0. The molecule has 0 saturated heterocycles. The Bertz CT molecular complexity index is 850. The van der Waals surface area contributed by atoms with Crippen molar-refractivity contribution in [1.82, 2.24) is 5.16 Å². The molecule has 0 aromatic carbocycles. The number of carbonyl (C=O) groups is 1. The zero-order chi connectivity index (χ0) is 22.0. The van der Waals surface area contributed by atoms with Crippen LogP contribution in [-0.2, 0) is 10.3 Å². The lowest BCUT2D eigenvalue weighted by molar-refractivity contribution is -0.164. The second kappa shape index (κ2) is 7.33. The van der Waals surface area contributed by atoms with Gasteiger partial charge in [-0.05, 0) is 93.3 Å². The topological polar surface area (TPSA) is 72.6 Å². The molecule has 4 aliphatic rings. The average Bonchev–Trinajstić information content (AvgIpc) is 3.33. The quantitative estimate of drug-likeness (QED) is 0.622. The molecule has 0 aliphatic heterocycles. The molecule has 1 N–H and O–H groups in total. The van der Waals surface area contributed by atoms with Crippen LogP contribution < -0.4 is 0 Å². The van der Waals surface area contributed by atoms with Gasteiger partial charge >= 0.3 is 5.97 Å². The third-order valence-corrected chi connectivity index (χ3v) is 10.5. The van der Waals surface area contributed by atoms with Crippen LogP contribution >= 0.6 is 0 Å². The van der Waals surface area contributed by atoms with Gasteiger partial charge in [0.05, 0.1) is 6.61 Å². The molecule has 1 aromatic heterocycles. The van der Waals surface area contributed by atoms with Gasteiger partial charge in [0.25, 0.3) is 0 Å². The van der Waals surface area contributed by atoms with E-state index in [0.717, 1.165) is 30.6 Å². The minimum Gasteiger partial charge on any atom is -0.461 e. The predicted molar refractivity (Wildman–Crippen MR) is 117 cm³/mol. The van der Waals surface area contributed by atoms with Gasteiger partial charge < -0.3 is 14.4 Å². The van der Waals surface area contributed by atoms with Crippen LogP contribution in [0, 0.1) is 40.4 Å². The van der Waals surface area contributed by atoms with Crippen LogP contribution in [0.2, 0.25) is 0 Å². The van der Waals surface area contributed by atoms with E-state index in [2.05, 4.69) is 25.9 Å². The van der Waals surface area contributed by atoms with Crippen molar-refractivity contribution in [3.63, 3.8) is 0 Å². The van der Waals surface area contributed by atoms with Gasteiger partial charge in [-0.3, -0.25) is 0 Å². The summed E-state index contributed by atoms with van der Waals surface area (Å²) in [7, 11) is 0. The molecule has 5 heteroatoms. The number of carbonyl (C=O) groups excluding carboxylic acids is 1. The zero-order valence-corrected chi connectivity index (χ0v) is 19.7. The van der Waals surface area contributed by atoms with Crippen LogP contribution in [0.5, 0.6) is 0 Å². The van der Waals surface area contributed by atoms with Crippen molar-refractivity contribution in [2.45, 2.75) is 91.1 Å². The number of hydrogen-bond acceptors (Lipinski definition) is 5. The fourth-order valence-corrected chi connectivity index (χ4v) is 8.66. The van der Waals surface area contributed by atoms with Gasteiger partial charge in [-0.25, -0.2) is 4.79 Å². The summed E-state index contributed by atoms with van der Waals surface area (Å²) in [6, 6.07) is 1.62. The second-order valence-corrected chi connectivity index (χ2v) is 11.7. The van der Waals surface area contributed by atoms with Crippen molar-refractivity contribution in [1.29, 1.82) is 0 Å². The Labute approximate surface area is 186 Å². The van der Waals surface area contributed by atoms with Gasteiger partial charge in [-0.1, -0.05) is 32.3 Å². The minimum atomic E-state index is -1.06.